The van der Waals surface area contributed by atoms with Crippen LogP contribution in [-0.4, -0.2) is 12.1 Å². The lowest BCUT2D eigenvalue weighted by atomic mass is 9.94. The van der Waals surface area contributed by atoms with Gasteiger partial charge in [0.25, 0.3) is 0 Å². The summed E-state index contributed by atoms with van der Waals surface area (Å²) in [6.45, 7) is 9.05. The predicted molar refractivity (Wildman–Crippen MR) is 99.9 cm³/mol. The fraction of sp³-hybridized carbons (Fsp3) is 0.667. The zero-order chi connectivity index (χ0) is 16.7. The average Bonchev–Trinajstić information content (AvgIpc) is 2.50. The van der Waals surface area contributed by atoms with E-state index >= 15 is 0 Å². The number of nitrogens with zero attached hydrogens (tertiary/aromatic N) is 2. The van der Waals surface area contributed by atoms with Gasteiger partial charge < -0.3 is 0 Å². The van der Waals surface area contributed by atoms with E-state index in [-0.39, 0.29) is 0 Å². The Morgan fingerprint density at radius 2 is 1.52 bits per heavy atom. The van der Waals surface area contributed by atoms with Crippen LogP contribution in [0.25, 0.3) is 0 Å². The number of hydrogen-bond donors (Lipinski definition) is 0. The van der Waals surface area contributed by atoms with Crippen molar-refractivity contribution >= 4 is 11.7 Å². The van der Waals surface area contributed by atoms with Crippen LogP contribution in [0.15, 0.2) is 28.2 Å². The monoisotopic (exact) mass is 312 g/mol. The smallest absolute Gasteiger partial charge is 0.0952 e. The van der Waals surface area contributed by atoms with Crippen molar-refractivity contribution in [3.8, 4) is 0 Å². The van der Waals surface area contributed by atoms with Gasteiger partial charge in [-0.05, 0) is 48.6 Å². The Hall–Kier alpha value is -1.40. The van der Waals surface area contributed by atoms with Gasteiger partial charge in [-0.1, -0.05) is 65.2 Å². The zero-order valence-electron chi connectivity index (χ0n) is 15.3. The summed E-state index contributed by atoms with van der Waals surface area (Å²) < 4.78 is 0. The Morgan fingerprint density at radius 1 is 0.957 bits per heavy atom. The summed E-state index contributed by atoms with van der Waals surface area (Å²) in [5.41, 5.74) is 3.79. The normalized spacial score (nSPS) is 15.7. The second-order valence-corrected chi connectivity index (χ2v) is 7.75. The maximum absolute atomic E-state index is 4.69. The van der Waals surface area contributed by atoms with Crippen LogP contribution >= 0.6 is 0 Å². The van der Waals surface area contributed by atoms with Crippen molar-refractivity contribution in [3.63, 3.8) is 0 Å². The van der Waals surface area contributed by atoms with E-state index in [4.69, 9.17) is 0 Å². The highest BCUT2D eigenvalue weighted by molar-refractivity contribution is 5.60. The third kappa shape index (κ3) is 5.95. The van der Waals surface area contributed by atoms with Gasteiger partial charge in [-0.25, -0.2) is 4.99 Å². The van der Waals surface area contributed by atoms with E-state index < -0.39 is 0 Å². The Balaban J connectivity index is 2.26. The van der Waals surface area contributed by atoms with Crippen molar-refractivity contribution in [2.24, 2.45) is 21.8 Å². The number of para-hydroxylation sites is 1. The number of benzene rings is 1. The molecule has 126 valence electrons. The van der Waals surface area contributed by atoms with E-state index in [1.165, 1.54) is 43.2 Å². The molecule has 1 aliphatic rings. The summed E-state index contributed by atoms with van der Waals surface area (Å²) in [5, 5.41) is 0. The molecule has 23 heavy (non-hydrogen) atoms. The van der Waals surface area contributed by atoms with E-state index in [1.807, 2.05) is 0 Å². The van der Waals surface area contributed by atoms with Gasteiger partial charge in [-0.2, -0.15) is 4.99 Å². The third-order valence-electron chi connectivity index (χ3n) is 4.44. The SMILES string of the molecule is CC(C)Cc1cccc(CC(C)C)c1N=C=NC1CCCCC1. The lowest BCUT2D eigenvalue weighted by molar-refractivity contribution is 0.444. The highest BCUT2D eigenvalue weighted by atomic mass is 14.8. The number of aliphatic imine (C=N–C) groups is 2. The first-order valence-corrected chi connectivity index (χ1v) is 9.32. The van der Waals surface area contributed by atoms with Crippen molar-refractivity contribution in [1.29, 1.82) is 0 Å². The van der Waals surface area contributed by atoms with Crippen molar-refractivity contribution < 1.29 is 0 Å². The molecule has 0 aliphatic heterocycles. The molecule has 0 aromatic heterocycles. The molecule has 0 bridgehead atoms. The quantitative estimate of drug-likeness (QED) is 0.557. The fourth-order valence-electron chi connectivity index (χ4n) is 3.37. The topological polar surface area (TPSA) is 24.7 Å². The first kappa shape index (κ1) is 17.9. The molecule has 0 radical (unpaired) electrons. The van der Waals surface area contributed by atoms with Crippen LogP contribution in [0.1, 0.15) is 70.9 Å². The second kappa shape index (κ2) is 9.03. The van der Waals surface area contributed by atoms with E-state index in [0.717, 1.165) is 18.5 Å². The molecule has 0 atom stereocenters. The highest BCUT2D eigenvalue weighted by Gasteiger charge is 2.12. The van der Waals surface area contributed by atoms with E-state index in [9.17, 15) is 0 Å². The van der Waals surface area contributed by atoms with Gasteiger partial charge in [0, 0.05) is 0 Å². The van der Waals surface area contributed by atoms with Gasteiger partial charge in [0.2, 0.25) is 0 Å². The highest BCUT2D eigenvalue weighted by Crippen LogP contribution is 2.28. The standard InChI is InChI=1S/C21H32N2/c1-16(2)13-18-9-8-10-19(14-17(3)4)21(18)23-15-22-20-11-6-5-7-12-20/h8-10,16-17,20H,5-7,11-14H2,1-4H3. The summed E-state index contributed by atoms with van der Waals surface area (Å²) in [5.74, 6) is 1.27. The van der Waals surface area contributed by atoms with E-state index in [2.05, 4.69) is 61.9 Å². The largest absolute Gasteiger partial charge is 0.222 e. The van der Waals surface area contributed by atoms with Gasteiger partial charge >= 0.3 is 0 Å². The molecule has 0 unspecified atom stereocenters. The molecule has 0 heterocycles. The maximum Gasteiger partial charge on any atom is 0.0952 e. The Morgan fingerprint density at radius 3 is 2.04 bits per heavy atom. The van der Waals surface area contributed by atoms with Crippen molar-refractivity contribution in [3.05, 3.63) is 29.3 Å². The van der Waals surface area contributed by atoms with Crippen LogP contribution in [0.2, 0.25) is 0 Å². The lowest BCUT2D eigenvalue weighted by Gasteiger charge is -2.15. The molecule has 0 spiro atoms. The minimum atomic E-state index is 0.443. The van der Waals surface area contributed by atoms with Gasteiger partial charge in [-0.3, -0.25) is 0 Å². The molecule has 1 aromatic rings. The lowest BCUT2D eigenvalue weighted by Crippen LogP contribution is -2.08. The number of hydrogen-bond acceptors (Lipinski definition) is 2. The summed E-state index contributed by atoms with van der Waals surface area (Å²) in [6, 6.07) is 10.1. The average molecular weight is 313 g/mol. The summed E-state index contributed by atoms with van der Waals surface area (Å²) in [7, 11) is 0. The zero-order valence-corrected chi connectivity index (χ0v) is 15.3. The predicted octanol–water partition coefficient (Wildman–Crippen LogP) is 6.22. The van der Waals surface area contributed by atoms with Crippen LogP contribution in [0, 0.1) is 11.8 Å². The fourth-order valence-corrected chi connectivity index (χ4v) is 3.37. The van der Waals surface area contributed by atoms with Crippen LogP contribution in [0.3, 0.4) is 0 Å². The van der Waals surface area contributed by atoms with Gasteiger partial charge in [0.1, 0.15) is 0 Å². The molecule has 2 heteroatoms. The molecule has 2 nitrogen and oxygen atoms in total. The Kier molecular flexibility index (Phi) is 7.05. The van der Waals surface area contributed by atoms with Crippen molar-refractivity contribution in [1.82, 2.24) is 0 Å². The van der Waals surface area contributed by atoms with Crippen molar-refractivity contribution in [2.45, 2.75) is 78.7 Å². The molecule has 1 aliphatic carbocycles. The molecular formula is C21H32N2. The molecule has 2 rings (SSSR count). The molecule has 1 fully saturated rings. The third-order valence-corrected chi connectivity index (χ3v) is 4.44. The molecule has 1 saturated carbocycles. The molecule has 1 aromatic carbocycles. The van der Waals surface area contributed by atoms with E-state index in [0.29, 0.717) is 17.9 Å². The minimum Gasteiger partial charge on any atom is -0.222 e. The molecule has 0 amide bonds. The van der Waals surface area contributed by atoms with Crippen LogP contribution in [-0.2, 0) is 12.8 Å². The first-order valence-electron chi connectivity index (χ1n) is 9.32. The second-order valence-electron chi connectivity index (χ2n) is 7.75. The van der Waals surface area contributed by atoms with Crippen LogP contribution in [0.4, 0.5) is 5.69 Å². The first-order chi connectivity index (χ1) is 11.1. The number of rotatable bonds is 6. The Bertz CT molecular complexity index is 517. The minimum absolute atomic E-state index is 0.443. The van der Waals surface area contributed by atoms with Gasteiger partial charge in [0.05, 0.1) is 17.7 Å². The summed E-state index contributed by atoms with van der Waals surface area (Å²) in [6.07, 6.45) is 8.51. The van der Waals surface area contributed by atoms with Crippen LogP contribution < -0.4 is 0 Å². The Labute approximate surface area is 142 Å². The molecular weight excluding hydrogens is 280 g/mol. The van der Waals surface area contributed by atoms with Gasteiger partial charge in [0.15, 0.2) is 0 Å². The molecule has 0 N–H and O–H groups in total. The maximum atomic E-state index is 4.69. The summed E-state index contributed by atoms with van der Waals surface area (Å²) >= 11 is 0. The molecule has 0 saturated heterocycles. The van der Waals surface area contributed by atoms with Crippen molar-refractivity contribution in [2.75, 3.05) is 0 Å². The van der Waals surface area contributed by atoms with Crippen LogP contribution in [0.5, 0.6) is 0 Å². The van der Waals surface area contributed by atoms with Gasteiger partial charge in [-0.15, -0.1) is 0 Å². The van der Waals surface area contributed by atoms with E-state index in [1.54, 1.807) is 0 Å². The summed E-state index contributed by atoms with van der Waals surface area (Å²) in [4.78, 5) is 9.29.